The molecule has 1 rings (SSSR count). The number of hydrogen-bond acceptors (Lipinski definition) is 3. The molecular formula is C15H29N3O. The molecule has 0 saturated heterocycles. The molecular weight excluding hydrogens is 238 g/mol. The van der Waals surface area contributed by atoms with E-state index in [9.17, 15) is 0 Å². The van der Waals surface area contributed by atoms with Gasteiger partial charge in [-0.05, 0) is 39.3 Å². The van der Waals surface area contributed by atoms with Gasteiger partial charge in [-0.2, -0.15) is 5.10 Å². The van der Waals surface area contributed by atoms with Gasteiger partial charge >= 0.3 is 0 Å². The largest absolute Gasteiger partial charge is 0.377 e. The lowest BCUT2D eigenvalue weighted by Crippen LogP contribution is -2.43. The Balaban J connectivity index is 2.75. The summed E-state index contributed by atoms with van der Waals surface area (Å²) in [6.07, 6.45) is 3.41. The van der Waals surface area contributed by atoms with Crippen molar-refractivity contribution < 1.29 is 4.74 Å². The number of aryl methyl sites for hydroxylation is 2. The summed E-state index contributed by atoms with van der Waals surface area (Å²) in [5.74, 6) is 0. The van der Waals surface area contributed by atoms with Gasteiger partial charge in [-0.25, -0.2) is 0 Å². The van der Waals surface area contributed by atoms with E-state index in [1.54, 1.807) is 0 Å². The average molecular weight is 267 g/mol. The molecule has 0 fully saturated rings. The van der Waals surface area contributed by atoms with Crippen LogP contribution in [-0.2, 0) is 18.2 Å². The van der Waals surface area contributed by atoms with Crippen LogP contribution in [0, 0.1) is 6.92 Å². The summed E-state index contributed by atoms with van der Waals surface area (Å²) >= 11 is 0. The Labute approximate surface area is 117 Å². The summed E-state index contributed by atoms with van der Waals surface area (Å²) in [4.78, 5) is 0. The van der Waals surface area contributed by atoms with Gasteiger partial charge < -0.3 is 10.1 Å². The van der Waals surface area contributed by atoms with E-state index in [1.165, 1.54) is 5.69 Å². The topological polar surface area (TPSA) is 39.1 Å². The van der Waals surface area contributed by atoms with Crippen molar-refractivity contribution >= 4 is 0 Å². The first kappa shape index (κ1) is 16.2. The van der Waals surface area contributed by atoms with Crippen molar-refractivity contribution in [2.75, 3.05) is 13.2 Å². The number of ether oxygens (including phenoxy) is 1. The molecule has 0 spiro atoms. The molecule has 2 atom stereocenters. The van der Waals surface area contributed by atoms with E-state index >= 15 is 0 Å². The molecule has 0 bridgehead atoms. The lowest BCUT2D eigenvalue weighted by Gasteiger charge is -2.27. The van der Waals surface area contributed by atoms with Gasteiger partial charge in [0.15, 0.2) is 0 Å². The third-order valence-corrected chi connectivity index (χ3v) is 3.42. The fourth-order valence-corrected chi connectivity index (χ4v) is 2.48. The molecule has 1 aromatic rings. The molecule has 0 aliphatic heterocycles. The smallest absolute Gasteiger partial charge is 0.0729 e. The van der Waals surface area contributed by atoms with Crippen molar-refractivity contribution in [3.05, 3.63) is 17.5 Å². The van der Waals surface area contributed by atoms with E-state index in [0.29, 0.717) is 6.04 Å². The Kier molecular flexibility index (Phi) is 7.10. The average Bonchev–Trinajstić information content (AvgIpc) is 2.70. The minimum absolute atomic E-state index is 0.270. The van der Waals surface area contributed by atoms with E-state index in [1.807, 2.05) is 18.7 Å². The van der Waals surface area contributed by atoms with Gasteiger partial charge in [0.05, 0.1) is 11.8 Å². The fourth-order valence-electron chi connectivity index (χ4n) is 2.48. The summed E-state index contributed by atoms with van der Waals surface area (Å²) in [6.45, 7) is 10.3. The Hall–Kier alpha value is -0.870. The number of nitrogens with one attached hydrogen (secondary N) is 1. The molecule has 4 heteroatoms. The lowest BCUT2D eigenvalue weighted by molar-refractivity contribution is 0.0315. The molecule has 110 valence electrons. The van der Waals surface area contributed by atoms with Crippen molar-refractivity contribution in [3.63, 3.8) is 0 Å². The molecule has 0 saturated carbocycles. The standard InChI is InChI=1S/C15H29N3O/c1-6-9-16-14(15(7-2)19-8-3)11-13-10-12(4)17-18(13)5/h10,14-16H,6-9,11H2,1-5H3. The van der Waals surface area contributed by atoms with Crippen molar-refractivity contribution in [2.45, 2.75) is 59.1 Å². The zero-order valence-electron chi connectivity index (χ0n) is 13.1. The van der Waals surface area contributed by atoms with Gasteiger partial charge in [-0.15, -0.1) is 0 Å². The van der Waals surface area contributed by atoms with Crippen LogP contribution in [0.5, 0.6) is 0 Å². The van der Waals surface area contributed by atoms with Gasteiger partial charge in [0.1, 0.15) is 0 Å². The molecule has 1 heterocycles. The second kappa shape index (κ2) is 8.33. The first-order chi connectivity index (χ1) is 9.12. The SMILES string of the molecule is CCCNC(Cc1cc(C)nn1C)C(CC)OCC. The normalized spacial score (nSPS) is 14.6. The van der Waals surface area contributed by atoms with Crippen LogP contribution in [0.2, 0.25) is 0 Å². The highest BCUT2D eigenvalue weighted by molar-refractivity contribution is 5.10. The molecule has 0 aliphatic rings. The van der Waals surface area contributed by atoms with Crippen molar-refractivity contribution in [3.8, 4) is 0 Å². The van der Waals surface area contributed by atoms with Gasteiger partial charge in [0.2, 0.25) is 0 Å². The van der Waals surface area contributed by atoms with Crippen molar-refractivity contribution in [2.24, 2.45) is 7.05 Å². The minimum Gasteiger partial charge on any atom is -0.377 e. The number of nitrogens with zero attached hydrogens (tertiary/aromatic N) is 2. The predicted octanol–water partition coefficient (Wildman–Crippen LogP) is 2.45. The zero-order chi connectivity index (χ0) is 14.3. The highest BCUT2D eigenvalue weighted by atomic mass is 16.5. The Morgan fingerprint density at radius 2 is 2.11 bits per heavy atom. The van der Waals surface area contributed by atoms with Gasteiger partial charge in [0.25, 0.3) is 0 Å². The third kappa shape index (κ3) is 4.96. The van der Waals surface area contributed by atoms with Crippen LogP contribution in [0.3, 0.4) is 0 Å². The first-order valence-corrected chi connectivity index (χ1v) is 7.46. The van der Waals surface area contributed by atoms with Crippen LogP contribution < -0.4 is 5.32 Å². The molecule has 1 aromatic heterocycles. The molecule has 2 unspecified atom stereocenters. The number of hydrogen-bond donors (Lipinski definition) is 1. The van der Waals surface area contributed by atoms with Gasteiger partial charge in [-0.1, -0.05) is 13.8 Å². The number of aromatic nitrogens is 2. The summed E-state index contributed by atoms with van der Waals surface area (Å²) in [5, 5.41) is 8.05. The third-order valence-electron chi connectivity index (χ3n) is 3.42. The molecule has 0 aliphatic carbocycles. The summed E-state index contributed by atoms with van der Waals surface area (Å²) in [7, 11) is 2.01. The monoisotopic (exact) mass is 267 g/mol. The highest BCUT2D eigenvalue weighted by Gasteiger charge is 2.21. The molecule has 4 nitrogen and oxygen atoms in total. The maximum Gasteiger partial charge on any atom is 0.0729 e. The van der Waals surface area contributed by atoms with E-state index in [0.717, 1.165) is 38.1 Å². The van der Waals surface area contributed by atoms with Crippen LogP contribution in [-0.4, -0.2) is 35.1 Å². The molecule has 0 aromatic carbocycles. The summed E-state index contributed by atoms with van der Waals surface area (Å²) < 4.78 is 7.86. The van der Waals surface area contributed by atoms with Gasteiger partial charge in [-0.3, -0.25) is 4.68 Å². The maximum absolute atomic E-state index is 5.88. The number of rotatable bonds is 9. The van der Waals surface area contributed by atoms with E-state index in [-0.39, 0.29) is 6.10 Å². The Morgan fingerprint density at radius 3 is 2.58 bits per heavy atom. The highest BCUT2D eigenvalue weighted by Crippen LogP contribution is 2.12. The van der Waals surface area contributed by atoms with E-state index in [4.69, 9.17) is 4.74 Å². The summed E-state index contributed by atoms with van der Waals surface area (Å²) in [5.41, 5.74) is 2.35. The van der Waals surface area contributed by atoms with Crippen LogP contribution in [0.15, 0.2) is 6.07 Å². The first-order valence-electron chi connectivity index (χ1n) is 7.46. The second-order valence-corrected chi connectivity index (χ2v) is 5.07. The molecule has 0 radical (unpaired) electrons. The van der Waals surface area contributed by atoms with Crippen LogP contribution in [0.1, 0.15) is 45.0 Å². The molecule has 19 heavy (non-hydrogen) atoms. The minimum atomic E-state index is 0.270. The van der Waals surface area contributed by atoms with Crippen LogP contribution in [0.4, 0.5) is 0 Å². The second-order valence-electron chi connectivity index (χ2n) is 5.07. The van der Waals surface area contributed by atoms with Crippen molar-refractivity contribution in [1.29, 1.82) is 0 Å². The maximum atomic E-state index is 5.88. The van der Waals surface area contributed by atoms with Gasteiger partial charge in [0, 0.05) is 31.8 Å². The Morgan fingerprint density at radius 1 is 1.37 bits per heavy atom. The Bertz CT molecular complexity index is 362. The molecule has 0 amide bonds. The fraction of sp³-hybridized carbons (Fsp3) is 0.800. The van der Waals surface area contributed by atoms with Crippen LogP contribution in [0.25, 0.3) is 0 Å². The predicted molar refractivity (Wildman–Crippen MR) is 79.4 cm³/mol. The van der Waals surface area contributed by atoms with Crippen LogP contribution >= 0.6 is 0 Å². The van der Waals surface area contributed by atoms with Crippen molar-refractivity contribution in [1.82, 2.24) is 15.1 Å². The molecule has 1 N–H and O–H groups in total. The van der Waals surface area contributed by atoms with E-state index in [2.05, 4.69) is 37.3 Å². The lowest BCUT2D eigenvalue weighted by atomic mass is 10.0. The quantitative estimate of drug-likeness (QED) is 0.747. The zero-order valence-corrected chi connectivity index (χ0v) is 13.1. The summed E-state index contributed by atoms with van der Waals surface area (Å²) in [6, 6.07) is 2.53. The van der Waals surface area contributed by atoms with E-state index < -0.39 is 0 Å².